The molecule has 2 N–H and O–H groups in total. The fraction of sp³-hybridized carbons (Fsp3) is 0.524. The Bertz CT molecular complexity index is 1960. The van der Waals surface area contributed by atoms with Crippen LogP contribution in [0.15, 0.2) is 60.7 Å². The van der Waals surface area contributed by atoms with Gasteiger partial charge >= 0.3 is 6.09 Å². The van der Waals surface area contributed by atoms with Crippen LogP contribution >= 0.6 is 7.14 Å². The Kier molecular flexibility index (Phi) is 11.1. The van der Waals surface area contributed by atoms with Crippen LogP contribution in [-0.2, 0) is 18.9 Å². The third-order valence-electron chi connectivity index (χ3n) is 11.7. The van der Waals surface area contributed by atoms with Gasteiger partial charge in [0.1, 0.15) is 37.2 Å². The van der Waals surface area contributed by atoms with Crippen molar-refractivity contribution in [1.29, 1.82) is 0 Å². The van der Waals surface area contributed by atoms with E-state index >= 15 is 0 Å². The number of nitrogens with zero attached hydrogens (tertiary/aromatic N) is 2. The number of hydrogen-bond donors (Lipinski definition) is 2. The molecule has 2 saturated carbocycles. The standard InChI is InChI=1S/C42H53N4O7P/c1-27-16-18-28(19-17-27)36-23-29-22-32(51-2)20-21-34(29)39(43-36)52-33-24-37-38(47)45-42(54(3,4)50)25-30(42)12-8-6-5-7-9-15-35(40(48)46(37)26-33)44-41(49)53-31-13-10-11-14-31/h8,12,16-23,30-31,33,35,37H,5-7,9-11,13-15,24-26H2,1-4H3,(H,44,49)(H,45,47)/b12-8+. The number of nitrogens with one attached hydrogen (secondary N) is 2. The molecule has 288 valence electrons. The van der Waals surface area contributed by atoms with Crippen molar-refractivity contribution in [2.24, 2.45) is 5.92 Å². The third-order valence-corrected chi connectivity index (χ3v) is 14.2. The molecular weight excluding hydrogens is 703 g/mol. The number of pyridine rings is 1. The number of amides is 3. The van der Waals surface area contributed by atoms with Gasteiger partial charge in [0.05, 0.1) is 24.6 Å². The van der Waals surface area contributed by atoms with Gasteiger partial charge < -0.3 is 34.3 Å². The lowest BCUT2D eigenvalue weighted by Gasteiger charge is -2.31. The average Bonchev–Trinajstić information content (AvgIpc) is 3.42. The largest absolute Gasteiger partial charge is 0.497 e. The van der Waals surface area contributed by atoms with Crippen molar-refractivity contribution in [2.75, 3.05) is 27.0 Å². The van der Waals surface area contributed by atoms with Crippen LogP contribution in [0.25, 0.3) is 22.0 Å². The summed E-state index contributed by atoms with van der Waals surface area (Å²) >= 11 is 0. The molecule has 3 aromatic rings. The fourth-order valence-electron chi connectivity index (χ4n) is 8.36. The van der Waals surface area contributed by atoms with E-state index in [0.29, 0.717) is 30.2 Å². The molecule has 3 amide bonds. The molecule has 2 aliphatic heterocycles. The Morgan fingerprint density at radius 3 is 2.48 bits per heavy atom. The number of hydrogen-bond acceptors (Lipinski definition) is 8. The van der Waals surface area contributed by atoms with Gasteiger partial charge in [-0.15, -0.1) is 0 Å². The topological polar surface area (TPSA) is 136 Å². The van der Waals surface area contributed by atoms with Gasteiger partial charge in [0.2, 0.25) is 17.7 Å². The maximum Gasteiger partial charge on any atom is 0.408 e. The van der Waals surface area contributed by atoms with Crippen LogP contribution in [0.5, 0.6) is 11.6 Å². The van der Waals surface area contributed by atoms with Gasteiger partial charge in [0.15, 0.2) is 0 Å². The van der Waals surface area contributed by atoms with E-state index in [9.17, 15) is 18.9 Å². The molecule has 12 heteroatoms. The molecule has 2 aromatic carbocycles. The lowest BCUT2D eigenvalue weighted by molar-refractivity contribution is -0.140. The lowest BCUT2D eigenvalue weighted by Crippen LogP contribution is -2.55. The Hall–Kier alpha value is -4.37. The first kappa shape index (κ1) is 37.9. The van der Waals surface area contributed by atoms with E-state index in [1.165, 1.54) is 0 Å². The van der Waals surface area contributed by atoms with E-state index in [2.05, 4.69) is 22.8 Å². The molecule has 5 unspecified atom stereocenters. The van der Waals surface area contributed by atoms with Gasteiger partial charge in [-0.05, 0) is 101 Å². The van der Waals surface area contributed by atoms with Crippen molar-refractivity contribution in [3.8, 4) is 22.9 Å². The SMILES string of the molecule is COc1ccc2c(OC3CC4C(=O)NC5(P(C)(C)=O)CC5/C=C/CCCCCC(NC(=O)OC5CCCC5)C(=O)N4C3)nc(-c3ccc(C)cc3)cc2c1. The van der Waals surface area contributed by atoms with Crippen LogP contribution in [0, 0.1) is 12.8 Å². The highest BCUT2D eigenvalue weighted by atomic mass is 31.2. The highest BCUT2D eigenvalue weighted by molar-refractivity contribution is 7.64. The van der Waals surface area contributed by atoms with Gasteiger partial charge in [-0.25, -0.2) is 9.78 Å². The summed E-state index contributed by atoms with van der Waals surface area (Å²) in [7, 11) is -1.18. The summed E-state index contributed by atoms with van der Waals surface area (Å²) in [5.41, 5.74) is 2.77. The third kappa shape index (κ3) is 8.16. The van der Waals surface area contributed by atoms with Gasteiger partial charge in [0.25, 0.3) is 0 Å². The predicted octanol–water partition coefficient (Wildman–Crippen LogP) is 7.58. The fourth-order valence-corrected chi connectivity index (χ4v) is 10.3. The van der Waals surface area contributed by atoms with Crippen LogP contribution in [0.2, 0.25) is 0 Å². The number of allylic oxidation sites excluding steroid dienone is 1. The number of alkyl carbamates (subject to hydrolysis) is 1. The van der Waals surface area contributed by atoms with Crippen molar-refractivity contribution >= 4 is 35.8 Å². The van der Waals surface area contributed by atoms with Crippen LogP contribution in [0.3, 0.4) is 0 Å². The first-order valence-corrected chi connectivity index (χ1v) is 22.1. The maximum absolute atomic E-state index is 14.6. The van der Waals surface area contributed by atoms with Gasteiger partial charge in [-0.1, -0.05) is 54.8 Å². The molecule has 1 saturated heterocycles. The molecule has 0 bridgehead atoms. The molecule has 3 fully saturated rings. The van der Waals surface area contributed by atoms with E-state index < -0.39 is 36.7 Å². The minimum atomic E-state index is -2.80. The highest BCUT2D eigenvalue weighted by Gasteiger charge is 2.62. The number of carbonyl (C=O) groups excluding carboxylic acids is 3. The van der Waals surface area contributed by atoms with E-state index in [0.717, 1.165) is 73.3 Å². The number of rotatable bonds is 7. The molecule has 7 rings (SSSR count). The molecule has 2 aliphatic carbocycles. The summed E-state index contributed by atoms with van der Waals surface area (Å²) in [6, 6.07) is 14.0. The minimum Gasteiger partial charge on any atom is -0.497 e. The highest BCUT2D eigenvalue weighted by Crippen LogP contribution is 2.68. The van der Waals surface area contributed by atoms with Crippen molar-refractivity contribution in [3.05, 3.63) is 66.2 Å². The van der Waals surface area contributed by atoms with Gasteiger partial charge in [-0.2, -0.15) is 0 Å². The summed E-state index contributed by atoms with van der Waals surface area (Å²) in [4.78, 5) is 48.7. The van der Waals surface area contributed by atoms with Crippen molar-refractivity contribution in [1.82, 2.24) is 20.5 Å². The molecular formula is C42H53N4O7P. The van der Waals surface area contributed by atoms with Crippen molar-refractivity contribution < 1.29 is 33.2 Å². The Morgan fingerprint density at radius 2 is 1.74 bits per heavy atom. The number of aryl methyl sites for hydroxylation is 1. The second-order valence-corrected chi connectivity index (χ2v) is 19.4. The predicted molar refractivity (Wildman–Crippen MR) is 209 cm³/mol. The van der Waals surface area contributed by atoms with E-state index in [4.69, 9.17) is 19.2 Å². The first-order chi connectivity index (χ1) is 25.9. The second kappa shape index (κ2) is 15.8. The van der Waals surface area contributed by atoms with Crippen molar-refractivity contribution in [3.63, 3.8) is 0 Å². The summed E-state index contributed by atoms with van der Waals surface area (Å²) in [5.74, 6) is 0.317. The Morgan fingerprint density at radius 1 is 0.981 bits per heavy atom. The average molecular weight is 757 g/mol. The lowest BCUT2D eigenvalue weighted by atomic mass is 10.0. The van der Waals surface area contributed by atoms with Crippen LogP contribution in [0.4, 0.5) is 4.79 Å². The molecule has 11 nitrogen and oxygen atoms in total. The normalized spacial score (nSPS) is 27.2. The smallest absolute Gasteiger partial charge is 0.408 e. The number of ether oxygens (including phenoxy) is 3. The summed E-state index contributed by atoms with van der Waals surface area (Å²) < 4.78 is 31.7. The number of fused-ring (bicyclic) bond motifs is 3. The number of carbonyl (C=O) groups is 3. The quantitative estimate of drug-likeness (QED) is 0.186. The molecule has 1 aromatic heterocycles. The number of methoxy groups -OCH3 is 1. The Balaban J connectivity index is 1.22. The van der Waals surface area contributed by atoms with Gasteiger partial charge in [0, 0.05) is 23.3 Å². The monoisotopic (exact) mass is 756 g/mol. The van der Waals surface area contributed by atoms with Crippen LogP contribution in [0.1, 0.15) is 76.2 Å². The van der Waals surface area contributed by atoms with E-state index in [-0.39, 0.29) is 36.8 Å². The molecule has 0 spiro atoms. The van der Waals surface area contributed by atoms with E-state index in [1.54, 1.807) is 25.3 Å². The summed E-state index contributed by atoms with van der Waals surface area (Å²) in [5, 5.41) is 6.85. The number of benzene rings is 2. The zero-order chi connectivity index (χ0) is 38.0. The van der Waals surface area contributed by atoms with Crippen LogP contribution < -0.4 is 20.1 Å². The molecule has 4 aliphatic rings. The minimum absolute atomic E-state index is 0.0399. The molecule has 3 heterocycles. The zero-order valence-electron chi connectivity index (χ0n) is 31.8. The maximum atomic E-state index is 14.6. The molecule has 5 atom stereocenters. The summed E-state index contributed by atoms with van der Waals surface area (Å²) in [6.07, 6.45) is 11.1. The Labute approximate surface area is 318 Å². The number of aromatic nitrogens is 1. The molecule has 0 radical (unpaired) electrons. The van der Waals surface area contributed by atoms with Gasteiger partial charge in [-0.3, -0.25) is 9.59 Å². The molecule has 54 heavy (non-hydrogen) atoms. The van der Waals surface area contributed by atoms with Crippen molar-refractivity contribution in [2.45, 2.75) is 107 Å². The van der Waals surface area contributed by atoms with Crippen LogP contribution in [-0.4, -0.2) is 84.3 Å². The van der Waals surface area contributed by atoms with E-state index in [1.807, 2.05) is 55.5 Å². The second-order valence-electron chi connectivity index (χ2n) is 15.9. The first-order valence-electron chi connectivity index (χ1n) is 19.5. The summed E-state index contributed by atoms with van der Waals surface area (Å²) in [6.45, 7) is 5.59. The zero-order valence-corrected chi connectivity index (χ0v) is 32.7.